The van der Waals surface area contributed by atoms with Crippen molar-refractivity contribution >= 4 is 0 Å². The van der Waals surface area contributed by atoms with Crippen LogP contribution in [0.5, 0.6) is 0 Å². The van der Waals surface area contributed by atoms with Crippen LogP contribution in [0.25, 0.3) is 0 Å². The second-order valence-corrected chi connectivity index (χ2v) is 9.29. The van der Waals surface area contributed by atoms with Gasteiger partial charge in [0.15, 0.2) is 0 Å². The van der Waals surface area contributed by atoms with Crippen molar-refractivity contribution in [1.82, 2.24) is 0 Å². The summed E-state index contributed by atoms with van der Waals surface area (Å²) in [6, 6.07) is 8.58. The van der Waals surface area contributed by atoms with E-state index in [1.54, 1.807) is 0 Å². The number of rotatable bonds is 18. The summed E-state index contributed by atoms with van der Waals surface area (Å²) >= 11 is 0. The van der Waals surface area contributed by atoms with E-state index in [0.29, 0.717) is 0 Å². The standard InChI is InChI=1S/C27H49N/c1-4-5-6-7-8-9-10-11-12-13-14-15-16-17-18-21-24-27(3,28)26-23-20-19-22-25(26)2/h19-20,22-23H,4-18,21,24,28H2,1-3H3. The van der Waals surface area contributed by atoms with Crippen molar-refractivity contribution in [3.05, 3.63) is 35.4 Å². The van der Waals surface area contributed by atoms with Crippen LogP contribution in [-0.2, 0) is 5.54 Å². The zero-order valence-corrected chi connectivity index (χ0v) is 19.4. The average molecular weight is 388 g/mol. The van der Waals surface area contributed by atoms with Gasteiger partial charge in [-0.2, -0.15) is 0 Å². The highest BCUT2D eigenvalue weighted by atomic mass is 14.7. The fourth-order valence-corrected chi connectivity index (χ4v) is 4.39. The lowest BCUT2D eigenvalue weighted by molar-refractivity contribution is 0.418. The highest BCUT2D eigenvalue weighted by Crippen LogP contribution is 2.27. The molecule has 0 aliphatic rings. The highest BCUT2D eigenvalue weighted by molar-refractivity contribution is 5.31. The summed E-state index contributed by atoms with van der Waals surface area (Å²) in [5, 5.41) is 0. The zero-order valence-electron chi connectivity index (χ0n) is 19.4. The summed E-state index contributed by atoms with van der Waals surface area (Å²) in [5.74, 6) is 0. The van der Waals surface area contributed by atoms with Gasteiger partial charge in [-0.1, -0.05) is 134 Å². The van der Waals surface area contributed by atoms with Crippen molar-refractivity contribution in [2.24, 2.45) is 5.73 Å². The van der Waals surface area contributed by atoms with Crippen LogP contribution < -0.4 is 5.73 Å². The molecular weight excluding hydrogens is 338 g/mol. The Bertz CT molecular complexity index is 477. The van der Waals surface area contributed by atoms with Gasteiger partial charge in [-0.3, -0.25) is 0 Å². The molecule has 28 heavy (non-hydrogen) atoms. The molecule has 0 spiro atoms. The Hall–Kier alpha value is -0.820. The Morgan fingerprint density at radius 3 is 1.46 bits per heavy atom. The van der Waals surface area contributed by atoms with Crippen LogP contribution in [0, 0.1) is 6.92 Å². The quantitative estimate of drug-likeness (QED) is 0.250. The first-order valence-electron chi connectivity index (χ1n) is 12.4. The SMILES string of the molecule is CCCCCCCCCCCCCCCCCCC(C)(N)c1ccccc1C. The molecule has 0 aliphatic heterocycles. The largest absolute Gasteiger partial charge is 0.322 e. The second kappa shape index (κ2) is 16.0. The van der Waals surface area contributed by atoms with Gasteiger partial charge >= 0.3 is 0 Å². The molecule has 1 aromatic carbocycles. The van der Waals surface area contributed by atoms with Crippen LogP contribution in [0.3, 0.4) is 0 Å². The minimum Gasteiger partial charge on any atom is -0.322 e. The summed E-state index contributed by atoms with van der Waals surface area (Å²) in [7, 11) is 0. The van der Waals surface area contributed by atoms with E-state index in [-0.39, 0.29) is 5.54 Å². The van der Waals surface area contributed by atoms with E-state index in [4.69, 9.17) is 5.73 Å². The van der Waals surface area contributed by atoms with Gasteiger partial charge in [0, 0.05) is 5.54 Å². The van der Waals surface area contributed by atoms with E-state index in [1.807, 2.05) is 0 Å². The van der Waals surface area contributed by atoms with Crippen molar-refractivity contribution < 1.29 is 0 Å². The molecule has 0 aromatic heterocycles. The van der Waals surface area contributed by atoms with Crippen LogP contribution in [0.4, 0.5) is 0 Å². The molecule has 1 unspecified atom stereocenters. The van der Waals surface area contributed by atoms with E-state index >= 15 is 0 Å². The molecule has 2 N–H and O–H groups in total. The van der Waals surface area contributed by atoms with Gasteiger partial charge < -0.3 is 5.73 Å². The molecule has 0 heterocycles. The fraction of sp³-hybridized carbons (Fsp3) is 0.778. The van der Waals surface area contributed by atoms with Crippen LogP contribution in [0.15, 0.2) is 24.3 Å². The van der Waals surface area contributed by atoms with E-state index < -0.39 is 0 Å². The Morgan fingerprint density at radius 1 is 0.643 bits per heavy atom. The zero-order chi connectivity index (χ0) is 20.5. The third kappa shape index (κ3) is 11.9. The Morgan fingerprint density at radius 2 is 1.04 bits per heavy atom. The molecule has 0 saturated heterocycles. The number of hydrogen-bond donors (Lipinski definition) is 1. The molecule has 0 radical (unpaired) electrons. The number of aryl methyl sites for hydroxylation is 1. The first-order valence-corrected chi connectivity index (χ1v) is 12.4. The third-order valence-corrected chi connectivity index (χ3v) is 6.31. The number of benzene rings is 1. The normalized spacial score (nSPS) is 13.6. The first kappa shape index (κ1) is 25.2. The van der Waals surface area contributed by atoms with Gasteiger partial charge in [0.2, 0.25) is 0 Å². The van der Waals surface area contributed by atoms with Crippen molar-refractivity contribution in [3.63, 3.8) is 0 Å². The number of hydrogen-bond acceptors (Lipinski definition) is 1. The van der Waals surface area contributed by atoms with Crippen LogP contribution in [0.1, 0.15) is 134 Å². The average Bonchev–Trinajstić information content (AvgIpc) is 2.68. The van der Waals surface area contributed by atoms with E-state index in [1.165, 1.54) is 114 Å². The third-order valence-electron chi connectivity index (χ3n) is 6.31. The van der Waals surface area contributed by atoms with Gasteiger partial charge in [0.25, 0.3) is 0 Å². The Balaban J connectivity index is 1.89. The number of nitrogens with two attached hydrogens (primary N) is 1. The maximum Gasteiger partial charge on any atom is 0.0383 e. The molecule has 1 atom stereocenters. The van der Waals surface area contributed by atoms with Crippen molar-refractivity contribution in [1.29, 1.82) is 0 Å². The molecule has 1 heteroatoms. The molecule has 0 aliphatic carbocycles. The molecule has 1 rings (SSSR count). The van der Waals surface area contributed by atoms with Crippen LogP contribution >= 0.6 is 0 Å². The number of unbranched alkanes of at least 4 members (excludes halogenated alkanes) is 15. The second-order valence-electron chi connectivity index (χ2n) is 9.29. The maximum atomic E-state index is 6.60. The lowest BCUT2D eigenvalue weighted by atomic mass is 9.85. The van der Waals surface area contributed by atoms with Gasteiger partial charge in [0.1, 0.15) is 0 Å². The molecule has 162 valence electrons. The summed E-state index contributed by atoms with van der Waals surface area (Å²) in [5.41, 5.74) is 9.06. The lowest BCUT2D eigenvalue weighted by Crippen LogP contribution is -2.33. The van der Waals surface area contributed by atoms with Gasteiger partial charge in [0.05, 0.1) is 0 Å². The van der Waals surface area contributed by atoms with Gasteiger partial charge in [-0.15, -0.1) is 0 Å². The van der Waals surface area contributed by atoms with Crippen LogP contribution in [0.2, 0.25) is 0 Å². The molecule has 1 aromatic rings. The molecular formula is C27H49N. The van der Waals surface area contributed by atoms with Crippen molar-refractivity contribution in [3.8, 4) is 0 Å². The molecule has 0 amide bonds. The summed E-state index contributed by atoms with van der Waals surface area (Å²) in [4.78, 5) is 0. The maximum absolute atomic E-state index is 6.60. The lowest BCUT2D eigenvalue weighted by Gasteiger charge is -2.27. The monoisotopic (exact) mass is 387 g/mol. The smallest absolute Gasteiger partial charge is 0.0383 e. The topological polar surface area (TPSA) is 26.0 Å². The van der Waals surface area contributed by atoms with Crippen LogP contribution in [-0.4, -0.2) is 0 Å². The molecule has 0 bridgehead atoms. The summed E-state index contributed by atoms with van der Waals surface area (Å²) < 4.78 is 0. The molecule has 1 nitrogen and oxygen atoms in total. The molecule has 0 saturated carbocycles. The molecule has 0 fully saturated rings. The summed E-state index contributed by atoms with van der Waals surface area (Å²) in [6.45, 7) is 6.66. The van der Waals surface area contributed by atoms with E-state index in [2.05, 4.69) is 45.0 Å². The predicted octanol–water partition coefficient (Wildman–Crippen LogP) is 8.82. The van der Waals surface area contributed by atoms with Gasteiger partial charge in [-0.05, 0) is 31.4 Å². The Labute approximate surface area is 176 Å². The predicted molar refractivity (Wildman–Crippen MR) is 127 cm³/mol. The van der Waals surface area contributed by atoms with E-state index in [9.17, 15) is 0 Å². The minimum absolute atomic E-state index is 0.179. The van der Waals surface area contributed by atoms with Crippen molar-refractivity contribution in [2.45, 2.75) is 135 Å². The van der Waals surface area contributed by atoms with Crippen molar-refractivity contribution in [2.75, 3.05) is 0 Å². The van der Waals surface area contributed by atoms with E-state index in [0.717, 1.165) is 6.42 Å². The Kier molecular flexibility index (Phi) is 14.4. The van der Waals surface area contributed by atoms with Gasteiger partial charge in [-0.25, -0.2) is 0 Å². The minimum atomic E-state index is -0.179. The highest BCUT2D eigenvalue weighted by Gasteiger charge is 2.21. The fourth-order valence-electron chi connectivity index (χ4n) is 4.39. The summed E-state index contributed by atoms with van der Waals surface area (Å²) in [6.07, 6.45) is 23.8. The first-order chi connectivity index (χ1) is 13.6.